The third kappa shape index (κ3) is 6.90. The molecule has 1 aliphatic heterocycles. The summed E-state index contributed by atoms with van der Waals surface area (Å²) in [6.45, 7) is 6.06. The third-order valence-electron chi connectivity index (χ3n) is 4.94. The second kappa shape index (κ2) is 11.8. The Balaban J connectivity index is 0.00000320. The highest BCUT2D eigenvalue weighted by atomic mass is 127. The maximum Gasteiger partial charge on any atom is 0.222 e. The fourth-order valence-electron chi connectivity index (χ4n) is 3.27. The number of hydrogen-bond donors (Lipinski definition) is 2. The summed E-state index contributed by atoms with van der Waals surface area (Å²) in [7, 11) is 1.85. The Bertz CT molecular complexity index is 855. The van der Waals surface area contributed by atoms with Crippen LogP contribution in [-0.2, 0) is 11.3 Å². The molecule has 0 saturated carbocycles. The molecule has 6 nitrogen and oxygen atoms in total. The van der Waals surface area contributed by atoms with E-state index in [4.69, 9.17) is 9.73 Å². The first-order valence-corrected chi connectivity index (χ1v) is 10.2. The lowest BCUT2D eigenvalue weighted by atomic mass is 10.1. The molecule has 1 amide bonds. The van der Waals surface area contributed by atoms with E-state index in [9.17, 15) is 4.79 Å². The summed E-state index contributed by atoms with van der Waals surface area (Å²) in [5.41, 5.74) is 2.22. The summed E-state index contributed by atoms with van der Waals surface area (Å²) in [6.07, 6.45) is 1.39. The molecule has 0 radical (unpaired) electrons. The zero-order chi connectivity index (χ0) is 20.6. The molecule has 2 aromatic carbocycles. The molecule has 1 fully saturated rings. The minimum atomic E-state index is 0. The Morgan fingerprint density at radius 3 is 2.63 bits per heavy atom. The molecular formula is C23H31IN4O2. The largest absolute Gasteiger partial charge is 0.457 e. The number of benzene rings is 2. The number of carbonyl (C=O) groups excluding carboxylic acids is 1. The van der Waals surface area contributed by atoms with Crippen LogP contribution in [0.5, 0.6) is 11.5 Å². The molecule has 2 aromatic rings. The number of carbonyl (C=O) groups is 1. The van der Waals surface area contributed by atoms with E-state index in [2.05, 4.69) is 17.6 Å². The Labute approximate surface area is 196 Å². The van der Waals surface area contributed by atoms with Gasteiger partial charge in [0.1, 0.15) is 11.5 Å². The van der Waals surface area contributed by atoms with Gasteiger partial charge >= 0.3 is 0 Å². The summed E-state index contributed by atoms with van der Waals surface area (Å²) in [6, 6.07) is 16.2. The predicted octanol–water partition coefficient (Wildman–Crippen LogP) is 4.08. The van der Waals surface area contributed by atoms with E-state index in [1.807, 2.05) is 62.5 Å². The van der Waals surface area contributed by atoms with E-state index in [-0.39, 0.29) is 35.9 Å². The molecule has 0 aromatic heterocycles. The lowest BCUT2D eigenvalue weighted by Crippen LogP contribution is -2.51. The van der Waals surface area contributed by atoms with Crippen molar-refractivity contribution in [1.29, 1.82) is 0 Å². The van der Waals surface area contributed by atoms with Gasteiger partial charge in [-0.1, -0.05) is 35.9 Å². The Morgan fingerprint density at radius 2 is 1.93 bits per heavy atom. The molecule has 0 bridgehead atoms. The monoisotopic (exact) mass is 522 g/mol. The summed E-state index contributed by atoms with van der Waals surface area (Å²) < 4.78 is 6.08. The quantitative estimate of drug-likeness (QED) is 0.341. The normalized spacial score (nSPS) is 16.6. The van der Waals surface area contributed by atoms with Crippen LogP contribution in [0.15, 0.2) is 53.5 Å². The van der Waals surface area contributed by atoms with Crippen molar-refractivity contribution in [2.24, 2.45) is 4.99 Å². The number of para-hydroxylation sites is 1. The van der Waals surface area contributed by atoms with E-state index in [0.717, 1.165) is 36.0 Å². The molecule has 1 unspecified atom stereocenters. The summed E-state index contributed by atoms with van der Waals surface area (Å²) >= 11 is 0. The van der Waals surface area contributed by atoms with Crippen LogP contribution in [0, 0.1) is 6.92 Å². The van der Waals surface area contributed by atoms with Crippen molar-refractivity contribution in [1.82, 2.24) is 15.5 Å². The number of rotatable bonds is 6. The molecule has 0 spiro atoms. The van der Waals surface area contributed by atoms with Crippen molar-refractivity contribution >= 4 is 35.8 Å². The van der Waals surface area contributed by atoms with Crippen molar-refractivity contribution in [3.8, 4) is 11.5 Å². The number of hydrogen-bond acceptors (Lipinski definition) is 3. The second-order valence-electron chi connectivity index (χ2n) is 7.37. The van der Waals surface area contributed by atoms with Gasteiger partial charge in [-0.3, -0.25) is 4.79 Å². The highest BCUT2D eigenvalue weighted by molar-refractivity contribution is 14.0. The van der Waals surface area contributed by atoms with Crippen LogP contribution in [-0.4, -0.2) is 42.9 Å². The van der Waals surface area contributed by atoms with Gasteiger partial charge in [0.05, 0.1) is 6.54 Å². The average molecular weight is 522 g/mol. The molecule has 2 N–H and O–H groups in total. The third-order valence-corrected chi connectivity index (χ3v) is 4.94. The van der Waals surface area contributed by atoms with Gasteiger partial charge in [-0.2, -0.15) is 0 Å². The van der Waals surface area contributed by atoms with E-state index in [1.54, 1.807) is 4.90 Å². The molecule has 30 heavy (non-hydrogen) atoms. The van der Waals surface area contributed by atoms with Crippen LogP contribution in [0.2, 0.25) is 0 Å². The van der Waals surface area contributed by atoms with Crippen molar-refractivity contribution < 1.29 is 9.53 Å². The molecule has 162 valence electrons. The number of nitrogens with zero attached hydrogens (tertiary/aromatic N) is 2. The van der Waals surface area contributed by atoms with Crippen LogP contribution in [0.3, 0.4) is 0 Å². The molecule has 0 aliphatic carbocycles. The van der Waals surface area contributed by atoms with E-state index in [1.165, 1.54) is 5.56 Å². The van der Waals surface area contributed by atoms with Gasteiger partial charge in [-0.15, -0.1) is 24.0 Å². The molecule has 1 atom stereocenters. The lowest BCUT2D eigenvalue weighted by Gasteiger charge is -2.31. The first-order chi connectivity index (χ1) is 14.0. The Hall–Kier alpha value is -2.29. The lowest BCUT2D eigenvalue weighted by molar-refractivity contribution is -0.132. The first kappa shape index (κ1) is 24.0. The standard InChI is InChI=1S/C23H30N4O2.HI/c1-4-24-23(26-19-11-14-22(28)27(3)16-19)25-15-18-7-5-6-8-21(18)29-20-12-9-17(2)10-13-20;/h5-10,12-13,19H,4,11,14-16H2,1-3H3,(H2,24,25,26);1H. The maximum atomic E-state index is 11.7. The minimum Gasteiger partial charge on any atom is -0.457 e. The van der Waals surface area contributed by atoms with Crippen molar-refractivity contribution in [2.75, 3.05) is 20.1 Å². The van der Waals surface area contributed by atoms with Crippen LogP contribution in [0.1, 0.15) is 30.9 Å². The number of aliphatic imine (C=N–C) groups is 1. The summed E-state index contributed by atoms with van der Waals surface area (Å²) in [4.78, 5) is 18.2. The fraction of sp³-hybridized carbons (Fsp3) is 0.391. The number of guanidine groups is 1. The van der Waals surface area contributed by atoms with Crippen LogP contribution < -0.4 is 15.4 Å². The van der Waals surface area contributed by atoms with Crippen molar-refractivity contribution in [3.63, 3.8) is 0 Å². The van der Waals surface area contributed by atoms with Crippen LogP contribution in [0.4, 0.5) is 0 Å². The van der Waals surface area contributed by atoms with E-state index in [0.29, 0.717) is 19.5 Å². The summed E-state index contributed by atoms with van der Waals surface area (Å²) in [5, 5.41) is 6.75. The maximum absolute atomic E-state index is 11.7. The van der Waals surface area contributed by atoms with Crippen LogP contribution in [0.25, 0.3) is 0 Å². The number of ether oxygens (including phenoxy) is 1. The zero-order valence-electron chi connectivity index (χ0n) is 17.9. The number of nitrogens with one attached hydrogen (secondary N) is 2. The molecule has 1 saturated heterocycles. The van der Waals surface area contributed by atoms with Gasteiger partial charge in [-0.05, 0) is 38.5 Å². The van der Waals surface area contributed by atoms with E-state index < -0.39 is 0 Å². The number of aryl methyl sites for hydroxylation is 1. The first-order valence-electron chi connectivity index (χ1n) is 10.2. The number of halogens is 1. The predicted molar refractivity (Wildman–Crippen MR) is 132 cm³/mol. The van der Waals surface area contributed by atoms with Gasteiger partial charge in [0.2, 0.25) is 5.91 Å². The highest BCUT2D eigenvalue weighted by Crippen LogP contribution is 2.26. The smallest absolute Gasteiger partial charge is 0.222 e. The Morgan fingerprint density at radius 1 is 1.20 bits per heavy atom. The number of likely N-dealkylation sites (tertiary alicyclic amines) is 1. The molecule has 1 aliphatic rings. The Kier molecular flexibility index (Phi) is 9.42. The SMILES string of the molecule is CCNC(=NCc1ccccc1Oc1ccc(C)cc1)NC1CCC(=O)N(C)C1.I. The van der Waals surface area contributed by atoms with Crippen molar-refractivity contribution in [3.05, 3.63) is 59.7 Å². The fourth-order valence-corrected chi connectivity index (χ4v) is 3.27. The highest BCUT2D eigenvalue weighted by Gasteiger charge is 2.23. The van der Waals surface area contributed by atoms with Gasteiger partial charge in [0, 0.05) is 38.2 Å². The molecule has 3 rings (SSSR count). The summed E-state index contributed by atoms with van der Waals surface area (Å²) in [5.74, 6) is 2.57. The second-order valence-corrected chi connectivity index (χ2v) is 7.37. The van der Waals surface area contributed by atoms with Gasteiger partial charge < -0.3 is 20.3 Å². The topological polar surface area (TPSA) is 66.0 Å². The molecule has 1 heterocycles. The number of likely N-dealkylation sites (N-methyl/N-ethyl adjacent to an activating group) is 1. The number of piperidine rings is 1. The number of amides is 1. The van der Waals surface area contributed by atoms with E-state index >= 15 is 0 Å². The van der Waals surface area contributed by atoms with Crippen LogP contribution >= 0.6 is 24.0 Å². The van der Waals surface area contributed by atoms with Gasteiger partial charge in [0.15, 0.2) is 5.96 Å². The average Bonchev–Trinajstić information content (AvgIpc) is 2.72. The molecular weight excluding hydrogens is 491 g/mol. The zero-order valence-corrected chi connectivity index (χ0v) is 20.2. The minimum absolute atomic E-state index is 0. The molecule has 7 heteroatoms. The van der Waals surface area contributed by atoms with Crippen molar-refractivity contribution in [2.45, 2.75) is 39.3 Å². The van der Waals surface area contributed by atoms with Gasteiger partial charge in [-0.25, -0.2) is 4.99 Å². The van der Waals surface area contributed by atoms with Gasteiger partial charge in [0.25, 0.3) is 0 Å².